The smallest absolute Gasteiger partial charge is 0.407 e. The first-order valence-corrected chi connectivity index (χ1v) is 11.1. The molecule has 0 saturated carbocycles. The maximum Gasteiger partial charge on any atom is 0.407 e. The molecule has 3 N–H and O–H groups in total. The minimum absolute atomic E-state index is 0.0972. The highest BCUT2D eigenvalue weighted by atomic mass is 16.5. The van der Waals surface area contributed by atoms with E-state index in [0.717, 1.165) is 22.3 Å². The van der Waals surface area contributed by atoms with Crippen LogP contribution in [0.3, 0.4) is 0 Å². The van der Waals surface area contributed by atoms with Crippen LogP contribution in [0.25, 0.3) is 11.1 Å². The van der Waals surface area contributed by atoms with Gasteiger partial charge in [-0.25, -0.2) is 9.59 Å². The largest absolute Gasteiger partial charge is 0.479 e. The molecule has 0 fully saturated rings. The first kappa shape index (κ1) is 25.0. The molecule has 8 heteroatoms. The number of ether oxygens (including phenoxy) is 2. The summed E-state index contributed by atoms with van der Waals surface area (Å²) in [6.07, 6.45) is 0.905. The summed E-state index contributed by atoms with van der Waals surface area (Å²) in [7, 11) is 1.36. The number of hydrogen-bond acceptors (Lipinski definition) is 5. The number of amides is 2. The maximum absolute atomic E-state index is 12.9. The minimum Gasteiger partial charge on any atom is -0.479 e. The zero-order valence-corrected chi connectivity index (χ0v) is 19.4. The highest BCUT2D eigenvalue weighted by Gasteiger charge is 2.40. The third-order valence-electron chi connectivity index (χ3n) is 6.12. The van der Waals surface area contributed by atoms with Crippen molar-refractivity contribution in [2.75, 3.05) is 20.3 Å². The van der Waals surface area contributed by atoms with Gasteiger partial charge in [0.25, 0.3) is 0 Å². The number of methoxy groups -OCH3 is 1. The average Bonchev–Trinajstić information content (AvgIpc) is 3.15. The summed E-state index contributed by atoms with van der Waals surface area (Å²) in [6.45, 7) is 5.14. The molecule has 2 amide bonds. The number of hydrogen-bond donors (Lipinski definition) is 3. The summed E-state index contributed by atoms with van der Waals surface area (Å²) in [5.41, 5.74) is 2.77. The molecule has 180 valence electrons. The Kier molecular flexibility index (Phi) is 8.07. The second-order valence-corrected chi connectivity index (χ2v) is 8.21. The number of fused-ring (bicyclic) bond motifs is 3. The van der Waals surface area contributed by atoms with Gasteiger partial charge in [0.2, 0.25) is 5.91 Å². The third-order valence-corrected chi connectivity index (χ3v) is 6.12. The number of rotatable bonds is 11. The monoisotopic (exact) mass is 466 g/mol. The Morgan fingerprint density at radius 1 is 1.12 bits per heavy atom. The van der Waals surface area contributed by atoms with Gasteiger partial charge in [-0.3, -0.25) is 4.79 Å². The highest BCUT2D eigenvalue weighted by molar-refractivity contribution is 5.91. The van der Waals surface area contributed by atoms with Crippen molar-refractivity contribution in [1.29, 1.82) is 0 Å². The summed E-state index contributed by atoms with van der Waals surface area (Å²) in [6, 6.07) is 14.9. The van der Waals surface area contributed by atoms with Crippen molar-refractivity contribution in [2.24, 2.45) is 0 Å². The second kappa shape index (κ2) is 11.0. The quantitative estimate of drug-likeness (QED) is 0.437. The fourth-order valence-electron chi connectivity index (χ4n) is 4.24. The molecule has 0 radical (unpaired) electrons. The molecule has 2 atom stereocenters. The van der Waals surface area contributed by atoms with Gasteiger partial charge < -0.3 is 25.2 Å². The van der Waals surface area contributed by atoms with Crippen molar-refractivity contribution in [3.8, 4) is 11.1 Å². The Labute approximate surface area is 199 Å². The molecular weight excluding hydrogens is 436 g/mol. The summed E-state index contributed by atoms with van der Waals surface area (Å²) in [4.78, 5) is 37.3. The first-order valence-electron chi connectivity index (χ1n) is 11.1. The van der Waals surface area contributed by atoms with Crippen LogP contribution in [0, 0.1) is 0 Å². The molecule has 0 heterocycles. The van der Waals surface area contributed by atoms with Crippen LogP contribution in [0.15, 0.2) is 61.2 Å². The molecule has 0 saturated heterocycles. The lowest BCUT2D eigenvalue weighted by Gasteiger charge is -2.30. The molecule has 1 aliphatic carbocycles. The van der Waals surface area contributed by atoms with E-state index in [2.05, 4.69) is 17.2 Å². The molecule has 8 nitrogen and oxygen atoms in total. The maximum atomic E-state index is 12.9. The van der Waals surface area contributed by atoms with Gasteiger partial charge in [-0.05, 0) is 35.1 Å². The Bertz CT molecular complexity index is 1020. The summed E-state index contributed by atoms with van der Waals surface area (Å²) in [5.74, 6) is -2.00. The van der Waals surface area contributed by atoms with Gasteiger partial charge in [0.15, 0.2) is 5.54 Å². The normalized spacial score (nSPS) is 14.8. The number of carboxylic acid groups (broad SMARTS) is 1. The fraction of sp³-hybridized carbons (Fsp3) is 0.346. The molecule has 2 unspecified atom stereocenters. The summed E-state index contributed by atoms with van der Waals surface area (Å²) < 4.78 is 10.5. The molecule has 0 spiro atoms. The second-order valence-electron chi connectivity index (χ2n) is 8.21. The Morgan fingerprint density at radius 3 is 2.21 bits per heavy atom. The van der Waals surface area contributed by atoms with Crippen molar-refractivity contribution in [3.05, 3.63) is 72.3 Å². The Morgan fingerprint density at radius 2 is 1.71 bits per heavy atom. The Hall–Kier alpha value is -3.65. The number of carbonyl (C=O) groups excluding carboxylic acids is 2. The molecule has 1 aliphatic rings. The lowest BCUT2D eigenvalue weighted by Crippen LogP contribution is -2.61. The van der Waals surface area contributed by atoms with E-state index in [9.17, 15) is 19.5 Å². The van der Waals surface area contributed by atoms with E-state index in [4.69, 9.17) is 9.47 Å². The van der Waals surface area contributed by atoms with Crippen LogP contribution in [0.5, 0.6) is 0 Å². The van der Waals surface area contributed by atoms with Crippen molar-refractivity contribution in [2.45, 2.75) is 37.3 Å². The van der Waals surface area contributed by atoms with Crippen LogP contribution in [0.1, 0.15) is 36.8 Å². The molecule has 0 bridgehead atoms. The van der Waals surface area contributed by atoms with Crippen molar-refractivity contribution < 1.29 is 29.0 Å². The van der Waals surface area contributed by atoms with Crippen LogP contribution in [-0.4, -0.2) is 55.0 Å². The van der Waals surface area contributed by atoms with E-state index in [1.54, 1.807) is 6.92 Å². The molecule has 2 aromatic carbocycles. The predicted molar refractivity (Wildman–Crippen MR) is 127 cm³/mol. The van der Waals surface area contributed by atoms with Gasteiger partial charge in [-0.15, -0.1) is 6.58 Å². The number of carboxylic acids is 1. The van der Waals surface area contributed by atoms with Gasteiger partial charge in [0, 0.05) is 13.0 Å². The van der Waals surface area contributed by atoms with Crippen LogP contribution < -0.4 is 10.6 Å². The molecule has 34 heavy (non-hydrogen) atoms. The molecule has 0 aromatic heterocycles. The fourth-order valence-corrected chi connectivity index (χ4v) is 4.24. The van der Waals surface area contributed by atoms with E-state index >= 15 is 0 Å². The van der Waals surface area contributed by atoms with Crippen LogP contribution >= 0.6 is 0 Å². The van der Waals surface area contributed by atoms with Gasteiger partial charge in [-0.2, -0.15) is 0 Å². The first-order chi connectivity index (χ1) is 16.4. The predicted octanol–water partition coefficient (Wildman–Crippen LogP) is 3.47. The van der Waals surface area contributed by atoms with Gasteiger partial charge in [0.05, 0.1) is 6.61 Å². The van der Waals surface area contributed by atoms with E-state index in [-0.39, 0.29) is 32.0 Å². The number of benzene rings is 2. The average molecular weight is 467 g/mol. The topological polar surface area (TPSA) is 114 Å². The lowest BCUT2D eigenvalue weighted by atomic mass is 9.96. The van der Waals surface area contributed by atoms with Gasteiger partial charge in [-0.1, -0.05) is 61.5 Å². The van der Waals surface area contributed by atoms with Crippen LogP contribution in [-0.2, 0) is 19.1 Å². The standard InChI is InChI=1S/C26H30N2O6/c1-4-10-22(23(29)28-26(5-2,16-33-3)24(30)31)27-25(32)34-15-21-19-13-8-6-11-17(19)18-12-7-9-14-20(18)21/h4,6-9,11-14,21-22H,1,5,10,15-16H2,2-3H3,(H,27,32)(H,28,29)(H,30,31). The summed E-state index contributed by atoms with van der Waals surface area (Å²) >= 11 is 0. The number of alkyl carbamates (subject to hydrolysis) is 1. The van der Waals surface area contributed by atoms with Crippen molar-refractivity contribution in [3.63, 3.8) is 0 Å². The molecule has 2 aromatic rings. The van der Waals surface area contributed by atoms with E-state index in [0.29, 0.717) is 0 Å². The Balaban J connectivity index is 1.68. The highest BCUT2D eigenvalue weighted by Crippen LogP contribution is 2.44. The van der Waals surface area contributed by atoms with E-state index in [1.807, 2.05) is 48.5 Å². The lowest BCUT2D eigenvalue weighted by molar-refractivity contribution is -0.150. The van der Waals surface area contributed by atoms with Crippen molar-refractivity contribution >= 4 is 18.0 Å². The molecule has 0 aliphatic heterocycles. The zero-order valence-electron chi connectivity index (χ0n) is 19.4. The number of aliphatic carboxylic acids is 1. The van der Waals surface area contributed by atoms with Crippen LogP contribution in [0.2, 0.25) is 0 Å². The number of carbonyl (C=O) groups is 3. The SMILES string of the molecule is C=CCC(NC(=O)OCC1c2ccccc2-c2ccccc21)C(=O)NC(CC)(COC)C(=O)O. The van der Waals surface area contributed by atoms with Crippen molar-refractivity contribution in [1.82, 2.24) is 10.6 Å². The minimum atomic E-state index is -1.60. The van der Waals surface area contributed by atoms with Crippen LogP contribution in [0.4, 0.5) is 4.79 Å². The van der Waals surface area contributed by atoms with E-state index < -0.39 is 29.6 Å². The van der Waals surface area contributed by atoms with Gasteiger partial charge in [0.1, 0.15) is 12.6 Å². The third kappa shape index (κ3) is 5.12. The van der Waals surface area contributed by atoms with Gasteiger partial charge >= 0.3 is 12.1 Å². The zero-order chi connectivity index (χ0) is 24.7. The molecule has 3 rings (SSSR count). The van der Waals surface area contributed by atoms with E-state index in [1.165, 1.54) is 13.2 Å². The number of nitrogens with one attached hydrogen (secondary N) is 2. The molecular formula is C26H30N2O6. The summed E-state index contributed by atoms with van der Waals surface area (Å²) in [5, 5.41) is 14.7.